The van der Waals surface area contributed by atoms with Gasteiger partial charge in [0, 0.05) is 24.0 Å². The summed E-state index contributed by atoms with van der Waals surface area (Å²) in [7, 11) is 0. The number of fused-ring (bicyclic) bond motifs is 1. The zero-order valence-electron chi connectivity index (χ0n) is 10.7. The summed E-state index contributed by atoms with van der Waals surface area (Å²) < 4.78 is 5.66. The van der Waals surface area contributed by atoms with Crippen molar-refractivity contribution in [1.82, 2.24) is 5.32 Å². The summed E-state index contributed by atoms with van der Waals surface area (Å²) >= 11 is 0. The second kappa shape index (κ2) is 5.10. The lowest BCUT2D eigenvalue weighted by atomic mass is 10.1. The molecule has 4 heteroatoms. The fourth-order valence-electron chi connectivity index (χ4n) is 1.95. The standard InChI is InChI=1S/C14H19NO3/c1-10-12(7-15-8-14(2,17)9-16)11-5-3-4-6-13(11)18-10/h3-6,15-17H,7-9H2,1-2H3. The van der Waals surface area contributed by atoms with Gasteiger partial charge in [0.25, 0.3) is 0 Å². The van der Waals surface area contributed by atoms with Crippen LogP contribution in [0.25, 0.3) is 11.0 Å². The summed E-state index contributed by atoms with van der Waals surface area (Å²) in [4.78, 5) is 0. The van der Waals surface area contributed by atoms with Crippen molar-refractivity contribution in [2.45, 2.75) is 26.0 Å². The fourth-order valence-corrected chi connectivity index (χ4v) is 1.95. The van der Waals surface area contributed by atoms with E-state index >= 15 is 0 Å². The van der Waals surface area contributed by atoms with Crippen LogP contribution in [0.2, 0.25) is 0 Å². The highest BCUT2D eigenvalue weighted by Gasteiger charge is 2.18. The SMILES string of the molecule is Cc1oc2ccccc2c1CNCC(C)(O)CO. The lowest BCUT2D eigenvalue weighted by molar-refractivity contribution is 0.00253. The van der Waals surface area contributed by atoms with Crippen molar-refractivity contribution in [2.75, 3.05) is 13.2 Å². The van der Waals surface area contributed by atoms with Crippen molar-refractivity contribution >= 4 is 11.0 Å². The van der Waals surface area contributed by atoms with Crippen molar-refractivity contribution in [1.29, 1.82) is 0 Å². The molecule has 0 saturated heterocycles. The number of para-hydroxylation sites is 1. The van der Waals surface area contributed by atoms with E-state index in [1.165, 1.54) is 0 Å². The molecule has 2 aromatic rings. The first-order valence-electron chi connectivity index (χ1n) is 6.04. The van der Waals surface area contributed by atoms with Crippen molar-refractivity contribution < 1.29 is 14.6 Å². The molecule has 0 spiro atoms. The van der Waals surface area contributed by atoms with E-state index in [0.717, 1.165) is 22.3 Å². The monoisotopic (exact) mass is 249 g/mol. The van der Waals surface area contributed by atoms with E-state index in [4.69, 9.17) is 9.52 Å². The van der Waals surface area contributed by atoms with Gasteiger partial charge in [-0.2, -0.15) is 0 Å². The van der Waals surface area contributed by atoms with Gasteiger partial charge < -0.3 is 19.9 Å². The molecule has 4 nitrogen and oxygen atoms in total. The predicted molar refractivity (Wildman–Crippen MR) is 70.4 cm³/mol. The molecule has 18 heavy (non-hydrogen) atoms. The van der Waals surface area contributed by atoms with E-state index in [2.05, 4.69) is 5.32 Å². The molecule has 1 unspecified atom stereocenters. The molecule has 98 valence electrons. The molecule has 0 aliphatic carbocycles. The molecule has 1 aromatic carbocycles. The van der Waals surface area contributed by atoms with Crippen molar-refractivity contribution in [3.05, 3.63) is 35.6 Å². The molecule has 0 amide bonds. The van der Waals surface area contributed by atoms with Gasteiger partial charge in [0.05, 0.1) is 12.2 Å². The Morgan fingerprint density at radius 2 is 2.06 bits per heavy atom. The Labute approximate surface area is 106 Å². The van der Waals surface area contributed by atoms with Gasteiger partial charge in [0.15, 0.2) is 0 Å². The van der Waals surface area contributed by atoms with Crippen molar-refractivity contribution in [3.63, 3.8) is 0 Å². The molecule has 3 N–H and O–H groups in total. The number of hydrogen-bond donors (Lipinski definition) is 3. The minimum absolute atomic E-state index is 0.259. The Morgan fingerprint density at radius 1 is 1.33 bits per heavy atom. The van der Waals surface area contributed by atoms with Crippen molar-refractivity contribution in [2.24, 2.45) is 0 Å². The third-order valence-corrected chi connectivity index (χ3v) is 3.05. The van der Waals surface area contributed by atoms with Gasteiger partial charge in [0.1, 0.15) is 11.3 Å². The average Bonchev–Trinajstić information content (AvgIpc) is 2.66. The van der Waals surface area contributed by atoms with Crippen LogP contribution in [0.3, 0.4) is 0 Å². The number of benzene rings is 1. The lowest BCUT2D eigenvalue weighted by Crippen LogP contribution is -2.40. The zero-order chi connectivity index (χ0) is 13.2. The van der Waals surface area contributed by atoms with Crippen LogP contribution in [0, 0.1) is 6.92 Å². The number of aryl methyl sites for hydroxylation is 1. The minimum atomic E-state index is -1.09. The summed E-state index contributed by atoms with van der Waals surface area (Å²) in [6.45, 7) is 4.22. The van der Waals surface area contributed by atoms with Gasteiger partial charge in [-0.1, -0.05) is 18.2 Å². The second-order valence-corrected chi connectivity index (χ2v) is 4.89. The smallest absolute Gasteiger partial charge is 0.134 e. The molecular weight excluding hydrogens is 230 g/mol. The molecule has 0 fully saturated rings. The van der Waals surface area contributed by atoms with Gasteiger partial charge in [-0.05, 0) is 19.9 Å². The fraction of sp³-hybridized carbons (Fsp3) is 0.429. The van der Waals surface area contributed by atoms with Crippen LogP contribution in [0.1, 0.15) is 18.2 Å². The van der Waals surface area contributed by atoms with E-state index in [9.17, 15) is 5.11 Å². The third kappa shape index (κ3) is 2.72. The zero-order valence-corrected chi connectivity index (χ0v) is 10.7. The van der Waals surface area contributed by atoms with Gasteiger partial charge in [-0.15, -0.1) is 0 Å². The topological polar surface area (TPSA) is 65.6 Å². The Bertz CT molecular complexity index is 531. The Hall–Kier alpha value is -1.36. The van der Waals surface area contributed by atoms with E-state index in [1.54, 1.807) is 6.92 Å². The first-order chi connectivity index (χ1) is 8.53. The average molecular weight is 249 g/mol. The van der Waals surface area contributed by atoms with E-state index in [1.807, 2.05) is 31.2 Å². The first-order valence-corrected chi connectivity index (χ1v) is 6.04. The van der Waals surface area contributed by atoms with Crippen LogP contribution >= 0.6 is 0 Å². The number of rotatable bonds is 5. The molecule has 0 aliphatic heterocycles. The van der Waals surface area contributed by atoms with Crippen LogP contribution < -0.4 is 5.32 Å². The van der Waals surface area contributed by atoms with Crippen LogP contribution in [-0.4, -0.2) is 29.0 Å². The van der Waals surface area contributed by atoms with Crippen molar-refractivity contribution in [3.8, 4) is 0 Å². The minimum Gasteiger partial charge on any atom is -0.461 e. The molecular formula is C14H19NO3. The molecule has 1 heterocycles. The summed E-state index contributed by atoms with van der Waals surface area (Å²) in [5.41, 5.74) is 0.882. The molecule has 2 rings (SSSR count). The van der Waals surface area contributed by atoms with E-state index in [0.29, 0.717) is 13.1 Å². The van der Waals surface area contributed by atoms with Crippen LogP contribution in [0.15, 0.2) is 28.7 Å². The number of furan rings is 1. The Kier molecular flexibility index (Phi) is 3.71. The number of nitrogens with one attached hydrogen (secondary N) is 1. The highest BCUT2D eigenvalue weighted by atomic mass is 16.3. The van der Waals surface area contributed by atoms with Crippen LogP contribution in [-0.2, 0) is 6.54 Å². The quantitative estimate of drug-likeness (QED) is 0.752. The predicted octanol–water partition coefficient (Wildman–Crippen LogP) is 1.57. The molecule has 0 radical (unpaired) electrons. The van der Waals surface area contributed by atoms with Gasteiger partial charge in [-0.3, -0.25) is 0 Å². The normalized spacial score (nSPS) is 14.9. The van der Waals surface area contributed by atoms with Crippen LogP contribution in [0.4, 0.5) is 0 Å². The molecule has 0 aliphatic rings. The Balaban J connectivity index is 2.10. The number of hydrogen-bond acceptors (Lipinski definition) is 4. The van der Waals surface area contributed by atoms with Gasteiger partial charge in [0.2, 0.25) is 0 Å². The second-order valence-electron chi connectivity index (χ2n) is 4.89. The maximum absolute atomic E-state index is 9.70. The maximum Gasteiger partial charge on any atom is 0.134 e. The molecule has 0 saturated carbocycles. The molecule has 0 bridgehead atoms. The summed E-state index contributed by atoms with van der Waals surface area (Å²) in [5, 5.41) is 22.9. The summed E-state index contributed by atoms with van der Waals surface area (Å²) in [5.74, 6) is 0.882. The first kappa shape index (κ1) is 13.1. The summed E-state index contributed by atoms with van der Waals surface area (Å²) in [6, 6.07) is 7.88. The van der Waals surface area contributed by atoms with E-state index < -0.39 is 5.60 Å². The highest BCUT2D eigenvalue weighted by molar-refractivity contribution is 5.82. The third-order valence-electron chi connectivity index (χ3n) is 3.05. The Morgan fingerprint density at radius 3 is 2.78 bits per heavy atom. The molecule has 1 atom stereocenters. The number of aliphatic hydroxyl groups is 2. The number of aliphatic hydroxyl groups excluding tert-OH is 1. The van der Waals surface area contributed by atoms with Crippen LogP contribution in [0.5, 0.6) is 0 Å². The van der Waals surface area contributed by atoms with Gasteiger partial charge >= 0.3 is 0 Å². The lowest BCUT2D eigenvalue weighted by Gasteiger charge is -2.20. The van der Waals surface area contributed by atoms with E-state index in [-0.39, 0.29) is 6.61 Å². The molecule has 1 aromatic heterocycles. The highest BCUT2D eigenvalue weighted by Crippen LogP contribution is 2.24. The summed E-state index contributed by atoms with van der Waals surface area (Å²) in [6.07, 6.45) is 0. The largest absolute Gasteiger partial charge is 0.461 e. The maximum atomic E-state index is 9.70. The van der Waals surface area contributed by atoms with Gasteiger partial charge in [-0.25, -0.2) is 0 Å².